The first kappa shape index (κ1) is 21.4. The largest absolute Gasteiger partial charge is 0.857 e. The fourth-order valence-electron chi connectivity index (χ4n) is 4.19. The SMILES string of the molecule is CCC(=O)[O][Ti+]([O]C(=O)CC)[CH]1C2=C(CCCC2)C2=C1CCCC2.C[O-]. The molecule has 144 valence electrons. The Bertz CT molecular complexity index is 543. The van der Waals surface area contributed by atoms with Crippen molar-refractivity contribution in [2.45, 2.75) is 82.3 Å². The summed E-state index contributed by atoms with van der Waals surface area (Å²) in [5, 5.41) is 8.25. The number of carbonyl (C=O) groups is 2. The van der Waals surface area contributed by atoms with Gasteiger partial charge in [-0.2, -0.15) is 7.11 Å². The first-order valence-electron chi connectivity index (χ1n) is 9.78. The summed E-state index contributed by atoms with van der Waals surface area (Å²) in [6.45, 7) is 3.59. The second-order valence-corrected chi connectivity index (χ2v) is 9.36. The van der Waals surface area contributed by atoms with E-state index < -0.39 is 18.6 Å². The van der Waals surface area contributed by atoms with Gasteiger partial charge in [-0.05, 0) is 0 Å². The summed E-state index contributed by atoms with van der Waals surface area (Å²) in [5.41, 5.74) is 5.98. The molecule has 3 rings (SSSR count). The summed E-state index contributed by atoms with van der Waals surface area (Å²) in [4.78, 5) is 23.9. The summed E-state index contributed by atoms with van der Waals surface area (Å²) in [5.74, 6) is -0.451. The molecule has 0 spiro atoms. The second kappa shape index (κ2) is 10.4. The summed E-state index contributed by atoms with van der Waals surface area (Å²) in [6, 6.07) is 0. The Hall–Kier alpha value is -0.906. The number of carbonyl (C=O) groups excluding carboxylic acids is 2. The van der Waals surface area contributed by atoms with Crippen molar-refractivity contribution in [1.29, 1.82) is 0 Å². The molecule has 0 aromatic rings. The Morgan fingerprint density at radius 2 is 1.23 bits per heavy atom. The molecule has 3 aliphatic carbocycles. The smallest absolute Gasteiger partial charge is 0.153 e. The number of fused-ring (bicyclic) bond motifs is 1. The van der Waals surface area contributed by atoms with Crippen molar-refractivity contribution >= 4 is 11.9 Å². The third-order valence-electron chi connectivity index (χ3n) is 5.32. The quantitative estimate of drug-likeness (QED) is 0.658. The fourth-order valence-corrected chi connectivity index (χ4v) is 7.65. The van der Waals surface area contributed by atoms with E-state index in [1.807, 2.05) is 0 Å². The second-order valence-electron chi connectivity index (χ2n) is 6.83. The van der Waals surface area contributed by atoms with Gasteiger partial charge in [0.25, 0.3) is 0 Å². The molecule has 6 heteroatoms. The Labute approximate surface area is 163 Å². The van der Waals surface area contributed by atoms with E-state index in [0.717, 1.165) is 32.8 Å². The summed E-state index contributed by atoms with van der Waals surface area (Å²) < 4.78 is 11.7. The first-order valence-corrected chi connectivity index (χ1v) is 12.0. The van der Waals surface area contributed by atoms with Gasteiger partial charge in [-0.1, -0.05) is 0 Å². The van der Waals surface area contributed by atoms with Crippen LogP contribution in [-0.2, 0) is 34.9 Å². The van der Waals surface area contributed by atoms with E-state index in [2.05, 4.69) is 0 Å². The first-order chi connectivity index (χ1) is 12.7. The van der Waals surface area contributed by atoms with E-state index in [9.17, 15) is 9.59 Å². The average molecular weight is 398 g/mol. The topological polar surface area (TPSA) is 75.7 Å². The zero-order chi connectivity index (χ0) is 19.1. The van der Waals surface area contributed by atoms with Crippen LogP contribution in [0, 0.1) is 0 Å². The summed E-state index contributed by atoms with van der Waals surface area (Å²) >= 11 is -2.77. The minimum Gasteiger partial charge on any atom is -0.857 e. The van der Waals surface area contributed by atoms with Crippen molar-refractivity contribution in [3.63, 3.8) is 0 Å². The summed E-state index contributed by atoms with van der Waals surface area (Å²) in [7, 11) is 0.750. The average Bonchev–Trinajstić information content (AvgIpc) is 3.03. The molecule has 0 N–H and O–H groups in total. The van der Waals surface area contributed by atoms with E-state index in [-0.39, 0.29) is 16.2 Å². The number of rotatable bonds is 5. The molecule has 0 aromatic heterocycles. The normalized spacial score (nSPS) is 19.2. The van der Waals surface area contributed by atoms with Crippen molar-refractivity contribution in [2.75, 3.05) is 7.11 Å². The van der Waals surface area contributed by atoms with Gasteiger partial charge in [0, 0.05) is 0 Å². The molecule has 3 aliphatic rings. The van der Waals surface area contributed by atoms with Crippen LogP contribution in [0.1, 0.15) is 78.1 Å². The monoisotopic (exact) mass is 398 g/mol. The zero-order valence-corrected chi connectivity index (χ0v) is 17.8. The molecule has 0 radical (unpaired) electrons. The van der Waals surface area contributed by atoms with Crippen LogP contribution < -0.4 is 5.11 Å². The van der Waals surface area contributed by atoms with E-state index in [1.54, 1.807) is 13.8 Å². The predicted octanol–water partition coefficient (Wildman–Crippen LogP) is 3.86. The van der Waals surface area contributed by atoms with Crippen LogP contribution in [0.3, 0.4) is 0 Å². The van der Waals surface area contributed by atoms with E-state index in [0.29, 0.717) is 12.8 Å². The fraction of sp³-hybridized carbons (Fsp3) is 0.700. The Balaban J connectivity index is 0.00000117. The minimum absolute atomic E-state index is 0.140. The summed E-state index contributed by atoms with van der Waals surface area (Å²) in [6.07, 6.45) is 10.0. The van der Waals surface area contributed by atoms with Crippen LogP contribution in [0.5, 0.6) is 0 Å². The van der Waals surface area contributed by atoms with E-state index >= 15 is 0 Å². The van der Waals surface area contributed by atoms with Crippen molar-refractivity contribution in [3.05, 3.63) is 22.3 Å². The maximum Gasteiger partial charge on any atom is -0.153 e. The van der Waals surface area contributed by atoms with Crippen LogP contribution in [0.15, 0.2) is 22.3 Å². The third-order valence-corrected chi connectivity index (χ3v) is 8.49. The number of hydrogen-bond donors (Lipinski definition) is 0. The van der Waals surface area contributed by atoms with Gasteiger partial charge in [0.1, 0.15) is 0 Å². The zero-order valence-electron chi connectivity index (χ0n) is 16.2. The molecule has 0 heterocycles. The molecule has 0 fully saturated rings. The molecule has 26 heavy (non-hydrogen) atoms. The molecular weight excluding hydrogens is 368 g/mol. The van der Waals surface area contributed by atoms with Gasteiger partial charge in [-0.3, -0.25) is 0 Å². The maximum atomic E-state index is 12.0. The maximum absolute atomic E-state index is 12.0. The molecule has 5 nitrogen and oxygen atoms in total. The van der Waals surface area contributed by atoms with Crippen molar-refractivity contribution in [1.82, 2.24) is 0 Å². The van der Waals surface area contributed by atoms with Gasteiger partial charge in [0.15, 0.2) is 0 Å². The van der Waals surface area contributed by atoms with Gasteiger partial charge >= 0.3 is 151 Å². The van der Waals surface area contributed by atoms with E-state index in [4.69, 9.17) is 11.7 Å². The minimum atomic E-state index is -2.77. The standard InChI is InChI=1S/C13H17.2C3H6O2.CH3O.Ti/c1-3-7-12-10(5-1)9-11-6-2-4-8-13(11)12;2*1-2-3(4)5;1-2;/h9H,1-8H2;2*2H2,1H3,(H,4,5);1H3;/q;;;-1;+3/p-2. The number of allylic oxidation sites excluding steroid dienone is 4. The van der Waals surface area contributed by atoms with Crippen LogP contribution in [0.4, 0.5) is 0 Å². The van der Waals surface area contributed by atoms with Crippen LogP contribution >= 0.6 is 0 Å². The van der Waals surface area contributed by atoms with Gasteiger partial charge in [-0.15, -0.1) is 0 Å². The Morgan fingerprint density at radius 1 is 0.846 bits per heavy atom. The number of hydrogen-bond acceptors (Lipinski definition) is 5. The van der Waals surface area contributed by atoms with Crippen LogP contribution in [0.2, 0.25) is 4.22 Å². The van der Waals surface area contributed by atoms with Gasteiger partial charge < -0.3 is 5.11 Å². The predicted molar refractivity (Wildman–Crippen MR) is 93.4 cm³/mol. The van der Waals surface area contributed by atoms with Crippen molar-refractivity contribution in [3.8, 4) is 0 Å². The molecule has 0 bridgehead atoms. The van der Waals surface area contributed by atoms with Crippen molar-refractivity contribution in [2.24, 2.45) is 0 Å². The van der Waals surface area contributed by atoms with Gasteiger partial charge in [0.2, 0.25) is 0 Å². The van der Waals surface area contributed by atoms with E-state index in [1.165, 1.54) is 48.0 Å². The van der Waals surface area contributed by atoms with Gasteiger partial charge in [-0.25, -0.2) is 0 Å². The molecule has 0 aliphatic heterocycles. The Kier molecular flexibility index (Phi) is 8.59. The molecule has 0 aromatic carbocycles. The van der Waals surface area contributed by atoms with Crippen LogP contribution in [-0.4, -0.2) is 19.0 Å². The van der Waals surface area contributed by atoms with Crippen molar-refractivity contribution < 1.29 is 40.0 Å². The Morgan fingerprint density at radius 3 is 1.62 bits per heavy atom. The molecule has 0 saturated carbocycles. The van der Waals surface area contributed by atoms with Gasteiger partial charge in [0.05, 0.1) is 0 Å². The molecule has 0 amide bonds. The van der Waals surface area contributed by atoms with Crippen LogP contribution in [0.25, 0.3) is 0 Å². The molecule has 0 atom stereocenters. The third kappa shape index (κ3) is 4.68. The molecular formula is C20H30O5Ti. The molecule has 0 unspecified atom stereocenters. The molecule has 0 saturated heterocycles.